The summed E-state index contributed by atoms with van der Waals surface area (Å²) in [7, 11) is 0. The summed E-state index contributed by atoms with van der Waals surface area (Å²) in [6.07, 6.45) is 1.50. The molecule has 0 spiro atoms. The average Bonchev–Trinajstić information content (AvgIpc) is 3.13. The van der Waals surface area contributed by atoms with Crippen LogP contribution in [0.2, 0.25) is 10.0 Å². The van der Waals surface area contributed by atoms with Gasteiger partial charge in [0.05, 0.1) is 16.3 Å². The second kappa shape index (κ2) is 6.56. The van der Waals surface area contributed by atoms with Crippen LogP contribution in [0.1, 0.15) is 22.6 Å². The zero-order valence-electron chi connectivity index (χ0n) is 12.9. The molecule has 0 aliphatic rings. The Morgan fingerprint density at radius 2 is 1.92 bits per heavy atom. The van der Waals surface area contributed by atoms with Gasteiger partial charge in [-0.05, 0) is 38.1 Å². The van der Waals surface area contributed by atoms with Crippen LogP contribution in [-0.2, 0) is 0 Å². The van der Waals surface area contributed by atoms with E-state index in [4.69, 9.17) is 32.0 Å². The van der Waals surface area contributed by atoms with Crippen molar-refractivity contribution in [3.8, 4) is 17.4 Å². The van der Waals surface area contributed by atoms with Crippen LogP contribution >= 0.6 is 23.2 Å². The van der Waals surface area contributed by atoms with E-state index in [9.17, 15) is 5.26 Å². The highest BCUT2D eigenvalue weighted by Gasteiger charge is 2.14. The maximum Gasteiger partial charge on any atom is 0.237 e. The Bertz CT molecular complexity index is 978. The lowest BCUT2D eigenvalue weighted by Crippen LogP contribution is -1.78. The zero-order valence-corrected chi connectivity index (χ0v) is 14.4. The van der Waals surface area contributed by atoms with Crippen molar-refractivity contribution in [3.05, 3.63) is 63.0 Å². The summed E-state index contributed by atoms with van der Waals surface area (Å²) >= 11 is 12.2. The molecule has 2 heterocycles. The minimum atomic E-state index is 0.270. The van der Waals surface area contributed by atoms with Crippen LogP contribution in [0.5, 0.6) is 0 Å². The number of aryl methyl sites for hydroxylation is 1. The first-order valence-corrected chi connectivity index (χ1v) is 7.85. The van der Waals surface area contributed by atoms with Gasteiger partial charge in [0.1, 0.15) is 28.9 Å². The third kappa shape index (κ3) is 2.96. The molecule has 0 bridgehead atoms. The van der Waals surface area contributed by atoms with E-state index >= 15 is 0 Å². The summed E-state index contributed by atoms with van der Waals surface area (Å²) in [5.41, 5.74) is 1.91. The van der Waals surface area contributed by atoms with Gasteiger partial charge in [-0.25, -0.2) is 4.99 Å². The molecule has 0 unspecified atom stereocenters. The van der Waals surface area contributed by atoms with Gasteiger partial charge in [0.2, 0.25) is 5.88 Å². The van der Waals surface area contributed by atoms with E-state index in [0.29, 0.717) is 38.5 Å². The van der Waals surface area contributed by atoms with Crippen LogP contribution in [0.15, 0.2) is 44.2 Å². The van der Waals surface area contributed by atoms with Gasteiger partial charge < -0.3 is 8.83 Å². The highest BCUT2D eigenvalue weighted by atomic mass is 35.5. The molecule has 3 aromatic rings. The quantitative estimate of drug-likeness (QED) is 0.532. The summed E-state index contributed by atoms with van der Waals surface area (Å²) in [6.45, 7) is 3.61. The van der Waals surface area contributed by atoms with Gasteiger partial charge in [-0.2, -0.15) is 5.26 Å². The number of halogens is 2. The fourth-order valence-corrected chi connectivity index (χ4v) is 2.61. The smallest absolute Gasteiger partial charge is 0.237 e. The Morgan fingerprint density at radius 1 is 1.12 bits per heavy atom. The largest absolute Gasteiger partial charge is 0.455 e. The number of rotatable bonds is 3. The number of benzene rings is 1. The molecule has 4 nitrogen and oxygen atoms in total. The molecule has 0 atom stereocenters. The molecular formula is C18H12Cl2N2O2. The zero-order chi connectivity index (χ0) is 17.3. The van der Waals surface area contributed by atoms with Gasteiger partial charge in [0.25, 0.3) is 0 Å². The maximum atomic E-state index is 9.18. The molecule has 120 valence electrons. The van der Waals surface area contributed by atoms with E-state index in [1.165, 1.54) is 6.21 Å². The van der Waals surface area contributed by atoms with Crippen LogP contribution in [0, 0.1) is 25.2 Å². The van der Waals surface area contributed by atoms with Crippen molar-refractivity contribution in [2.75, 3.05) is 0 Å². The van der Waals surface area contributed by atoms with E-state index in [-0.39, 0.29) is 5.88 Å². The number of furan rings is 2. The molecule has 3 rings (SSSR count). The first-order valence-electron chi connectivity index (χ1n) is 7.09. The summed E-state index contributed by atoms with van der Waals surface area (Å²) in [6, 6.07) is 11.0. The minimum Gasteiger partial charge on any atom is -0.455 e. The van der Waals surface area contributed by atoms with Crippen molar-refractivity contribution in [2.45, 2.75) is 13.8 Å². The molecule has 2 aromatic heterocycles. The molecule has 24 heavy (non-hydrogen) atoms. The molecule has 0 N–H and O–H groups in total. The highest BCUT2D eigenvalue weighted by molar-refractivity contribution is 6.43. The van der Waals surface area contributed by atoms with Gasteiger partial charge in [-0.1, -0.05) is 29.3 Å². The number of hydrogen-bond donors (Lipinski definition) is 0. The average molecular weight is 359 g/mol. The van der Waals surface area contributed by atoms with Crippen LogP contribution in [-0.4, -0.2) is 6.21 Å². The SMILES string of the molecule is Cc1oc(/N=C/c2ccc(-c3cccc(Cl)c3Cl)o2)c(C#N)c1C. The number of hydrogen-bond acceptors (Lipinski definition) is 4. The third-order valence-corrected chi connectivity index (χ3v) is 4.45. The Morgan fingerprint density at radius 3 is 2.67 bits per heavy atom. The molecule has 0 radical (unpaired) electrons. The first kappa shape index (κ1) is 16.4. The summed E-state index contributed by atoms with van der Waals surface area (Å²) in [5.74, 6) is 2.03. The van der Waals surface area contributed by atoms with Crippen LogP contribution in [0.25, 0.3) is 11.3 Å². The van der Waals surface area contributed by atoms with E-state index in [2.05, 4.69) is 11.1 Å². The van der Waals surface area contributed by atoms with E-state index in [0.717, 1.165) is 5.56 Å². The van der Waals surface area contributed by atoms with Crippen LogP contribution < -0.4 is 0 Å². The van der Waals surface area contributed by atoms with Crippen molar-refractivity contribution in [3.63, 3.8) is 0 Å². The molecule has 0 saturated carbocycles. The van der Waals surface area contributed by atoms with Gasteiger partial charge >= 0.3 is 0 Å². The highest BCUT2D eigenvalue weighted by Crippen LogP contribution is 2.34. The molecule has 0 aliphatic carbocycles. The molecule has 1 aromatic carbocycles. The fourth-order valence-electron chi connectivity index (χ4n) is 2.21. The molecule has 0 saturated heterocycles. The number of aliphatic imine (C=N–C) groups is 1. The molecule has 6 heteroatoms. The second-order valence-electron chi connectivity index (χ2n) is 5.14. The molecule has 0 amide bonds. The summed E-state index contributed by atoms with van der Waals surface area (Å²) in [4.78, 5) is 4.21. The lowest BCUT2D eigenvalue weighted by Gasteiger charge is -2.01. The second-order valence-corrected chi connectivity index (χ2v) is 5.92. The van der Waals surface area contributed by atoms with Crippen molar-refractivity contribution in [1.82, 2.24) is 0 Å². The first-order chi connectivity index (χ1) is 11.5. The standard InChI is InChI=1S/C18H12Cl2N2O2/c1-10-11(2)23-18(14(10)8-21)22-9-12-6-7-16(24-12)13-4-3-5-15(19)17(13)20/h3-7,9H,1-2H3/b22-9+. The van der Waals surface area contributed by atoms with Gasteiger partial charge in [-0.3, -0.25) is 0 Å². The Labute approximate surface area is 148 Å². The number of nitrogens with zero attached hydrogens (tertiary/aromatic N) is 2. The van der Waals surface area contributed by atoms with Crippen molar-refractivity contribution >= 4 is 35.3 Å². The van der Waals surface area contributed by atoms with E-state index < -0.39 is 0 Å². The van der Waals surface area contributed by atoms with Crippen molar-refractivity contribution in [1.29, 1.82) is 5.26 Å². The Balaban J connectivity index is 1.91. The summed E-state index contributed by atoms with van der Waals surface area (Å²) in [5, 5.41) is 10.1. The third-order valence-electron chi connectivity index (χ3n) is 3.63. The van der Waals surface area contributed by atoms with Crippen molar-refractivity contribution in [2.24, 2.45) is 4.99 Å². The number of nitriles is 1. The lowest BCUT2D eigenvalue weighted by atomic mass is 10.2. The van der Waals surface area contributed by atoms with Crippen LogP contribution in [0.3, 0.4) is 0 Å². The van der Waals surface area contributed by atoms with Crippen LogP contribution in [0.4, 0.5) is 5.88 Å². The van der Waals surface area contributed by atoms with E-state index in [1.807, 2.05) is 13.0 Å². The monoisotopic (exact) mass is 358 g/mol. The van der Waals surface area contributed by atoms with Gasteiger partial charge in [-0.15, -0.1) is 0 Å². The summed E-state index contributed by atoms with van der Waals surface area (Å²) < 4.78 is 11.2. The molecule has 0 aliphatic heterocycles. The molecular weight excluding hydrogens is 347 g/mol. The fraction of sp³-hybridized carbons (Fsp3) is 0.111. The maximum absolute atomic E-state index is 9.18. The van der Waals surface area contributed by atoms with Gasteiger partial charge in [0.15, 0.2) is 0 Å². The minimum absolute atomic E-state index is 0.270. The van der Waals surface area contributed by atoms with Crippen molar-refractivity contribution < 1.29 is 8.83 Å². The molecule has 0 fully saturated rings. The predicted octanol–water partition coefficient (Wildman–Crippen LogP) is 6.09. The Kier molecular flexibility index (Phi) is 4.48. The topological polar surface area (TPSA) is 62.4 Å². The Hall–Kier alpha value is -2.48. The normalized spacial score (nSPS) is 11.1. The lowest BCUT2D eigenvalue weighted by molar-refractivity contribution is 0.540. The van der Waals surface area contributed by atoms with Gasteiger partial charge in [0, 0.05) is 11.1 Å². The van der Waals surface area contributed by atoms with E-state index in [1.54, 1.807) is 31.2 Å². The predicted molar refractivity (Wildman–Crippen MR) is 94.3 cm³/mol.